The second-order valence-corrected chi connectivity index (χ2v) is 9.47. The van der Waals surface area contributed by atoms with Crippen LogP contribution in [0.2, 0.25) is 0 Å². The van der Waals surface area contributed by atoms with Crippen LogP contribution in [-0.4, -0.2) is 55.8 Å². The van der Waals surface area contributed by atoms with Crippen molar-refractivity contribution in [2.75, 3.05) is 31.5 Å². The highest BCUT2D eigenvalue weighted by Crippen LogP contribution is 2.28. The zero-order valence-electron chi connectivity index (χ0n) is 16.0. The monoisotopic (exact) mass is 399 g/mol. The lowest BCUT2D eigenvalue weighted by Crippen LogP contribution is -2.53. The van der Waals surface area contributed by atoms with Gasteiger partial charge >= 0.3 is 0 Å². The number of fused-ring (bicyclic) bond motifs is 1. The van der Waals surface area contributed by atoms with Gasteiger partial charge in [0.1, 0.15) is 0 Å². The number of amides is 1. The Morgan fingerprint density at radius 3 is 2.64 bits per heavy atom. The molecule has 1 N–H and O–H groups in total. The molecule has 1 atom stereocenters. The van der Waals surface area contributed by atoms with Gasteiger partial charge in [-0.2, -0.15) is 4.31 Å². The van der Waals surface area contributed by atoms with E-state index < -0.39 is 10.0 Å². The maximum Gasteiger partial charge on any atom is 0.243 e. The molecule has 1 saturated heterocycles. The van der Waals surface area contributed by atoms with Crippen molar-refractivity contribution < 1.29 is 13.2 Å². The van der Waals surface area contributed by atoms with Crippen molar-refractivity contribution in [1.82, 2.24) is 9.21 Å². The van der Waals surface area contributed by atoms with E-state index in [1.807, 2.05) is 18.2 Å². The summed E-state index contributed by atoms with van der Waals surface area (Å²) in [4.78, 5) is 14.2. The summed E-state index contributed by atoms with van der Waals surface area (Å²) in [5.74, 6) is -0.0924. The molecule has 1 amide bonds. The number of nitrogens with zero attached hydrogens (tertiary/aromatic N) is 2. The molecule has 2 aliphatic heterocycles. The third-order valence-corrected chi connectivity index (χ3v) is 7.46. The number of benzene rings is 2. The van der Waals surface area contributed by atoms with Gasteiger partial charge in [0.15, 0.2) is 0 Å². The minimum absolute atomic E-state index is 0.0924. The minimum Gasteiger partial charge on any atom is -0.326 e. The Balaban J connectivity index is 1.42. The Kier molecular flexibility index (Phi) is 5.23. The maximum absolute atomic E-state index is 13.1. The molecule has 2 heterocycles. The first-order chi connectivity index (χ1) is 13.4. The molecule has 6 nitrogen and oxygen atoms in total. The van der Waals surface area contributed by atoms with Crippen molar-refractivity contribution in [1.29, 1.82) is 0 Å². The van der Waals surface area contributed by atoms with Gasteiger partial charge in [0, 0.05) is 37.9 Å². The summed E-state index contributed by atoms with van der Waals surface area (Å²) in [5, 5.41) is 2.74. The summed E-state index contributed by atoms with van der Waals surface area (Å²) >= 11 is 0. The summed E-state index contributed by atoms with van der Waals surface area (Å²) in [6.07, 6.45) is 1.20. The molecule has 28 heavy (non-hydrogen) atoms. The van der Waals surface area contributed by atoms with Crippen LogP contribution in [0.3, 0.4) is 0 Å². The lowest BCUT2D eigenvalue weighted by molar-refractivity contribution is -0.115. The molecule has 0 aliphatic carbocycles. The van der Waals surface area contributed by atoms with Crippen LogP contribution in [0.25, 0.3) is 0 Å². The highest BCUT2D eigenvalue weighted by Gasteiger charge is 2.33. The Labute approximate surface area is 166 Å². The predicted octanol–water partition coefficient (Wildman–Crippen LogP) is 2.12. The molecule has 2 aliphatic rings. The minimum atomic E-state index is -3.56. The normalized spacial score (nSPS) is 20.8. The molecule has 2 aromatic rings. The quantitative estimate of drug-likeness (QED) is 0.836. The Morgan fingerprint density at radius 1 is 1.11 bits per heavy atom. The molecule has 0 spiro atoms. The van der Waals surface area contributed by atoms with E-state index in [-0.39, 0.29) is 23.3 Å². The molecular weight excluding hydrogens is 374 g/mol. The van der Waals surface area contributed by atoms with Gasteiger partial charge in [-0.15, -0.1) is 0 Å². The molecule has 0 bridgehead atoms. The van der Waals surface area contributed by atoms with Crippen molar-refractivity contribution in [3.8, 4) is 0 Å². The summed E-state index contributed by atoms with van der Waals surface area (Å²) in [6, 6.07) is 15.4. The first kappa shape index (κ1) is 19.1. The van der Waals surface area contributed by atoms with Gasteiger partial charge in [-0.05, 0) is 42.7 Å². The van der Waals surface area contributed by atoms with Crippen LogP contribution in [0.15, 0.2) is 53.4 Å². The smallest absolute Gasteiger partial charge is 0.243 e. The third-order valence-electron chi connectivity index (χ3n) is 5.60. The predicted molar refractivity (Wildman–Crippen MR) is 109 cm³/mol. The fourth-order valence-electron chi connectivity index (χ4n) is 3.94. The van der Waals surface area contributed by atoms with Crippen LogP contribution < -0.4 is 5.32 Å². The van der Waals surface area contributed by atoms with Crippen LogP contribution in [0.1, 0.15) is 18.1 Å². The van der Waals surface area contributed by atoms with E-state index >= 15 is 0 Å². The summed E-state index contributed by atoms with van der Waals surface area (Å²) in [6.45, 7) is 4.68. The SMILES string of the molecule is CC1CN(S(=O)(=O)c2ccc3c(c2)CC(=O)N3)CCN1CCc1ccccc1. The van der Waals surface area contributed by atoms with E-state index in [1.165, 1.54) is 5.56 Å². The van der Waals surface area contributed by atoms with E-state index in [1.54, 1.807) is 22.5 Å². The fraction of sp³-hybridized carbons (Fsp3) is 0.381. The maximum atomic E-state index is 13.1. The van der Waals surface area contributed by atoms with E-state index in [0.29, 0.717) is 18.8 Å². The number of nitrogens with one attached hydrogen (secondary N) is 1. The standard InChI is InChI=1S/C21H25N3O3S/c1-16-15-24(12-11-23(16)10-9-17-5-3-2-4-6-17)28(26,27)19-7-8-20-18(13-19)14-21(25)22-20/h2-8,13,16H,9-12,14-15H2,1H3,(H,22,25). The third kappa shape index (κ3) is 3.83. The number of rotatable bonds is 5. The van der Waals surface area contributed by atoms with Gasteiger partial charge in [0.05, 0.1) is 11.3 Å². The van der Waals surface area contributed by atoms with Crippen LogP contribution in [0.4, 0.5) is 5.69 Å². The topological polar surface area (TPSA) is 69.7 Å². The molecule has 7 heteroatoms. The van der Waals surface area contributed by atoms with Gasteiger partial charge in [-0.3, -0.25) is 9.69 Å². The summed E-state index contributed by atoms with van der Waals surface area (Å²) in [5.41, 5.74) is 2.76. The molecule has 0 radical (unpaired) electrons. The highest BCUT2D eigenvalue weighted by atomic mass is 32.2. The van der Waals surface area contributed by atoms with Crippen molar-refractivity contribution in [2.45, 2.75) is 30.7 Å². The van der Waals surface area contributed by atoms with Crippen molar-refractivity contribution in [3.05, 3.63) is 59.7 Å². The van der Waals surface area contributed by atoms with E-state index in [9.17, 15) is 13.2 Å². The number of anilines is 1. The lowest BCUT2D eigenvalue weighted by Gasteiger charge is -2.39. The molecule has 148 valence electrons. The number of piperazine rings is 1. The Hall–Kier alpha value is -2.22. The van der Waals surface area contributed by atoms with Crippen LogP contribution in [-0.2, 0) is 27.7 Å². The number of carbonyl (C=O) groups is 1. The molecule has 0 aromatic heterocycles. The summed E-state index contributed by atoms with van der Waals surface area (Å²) < 4.78 is 27.8. The molecule has 1 unspecified atom stereocenters. The molecule has 0 saturated carbocycles. The van der Waals surface area contributed by atoms with Gasteiger partial charge in [0.2, 0.25) is 15.9 Å². The number of sulfonamides is 1. The average molecular weight is 400 g/mol. The zero-order valence-corrected chi connectivity index (χ0v) is 16.8. The van der Waals surface area contributed by atoms with Crippen molar-refractivity contribution in [2.24, 2.45) is 0 Å². The number of hydrogen-bond acceptors (Lipinski definition) is 4. The molecule has 2 aromatic carbocycles. The van der Waals surface area contributed by atoms with Crippen molar-refractivity contribution >= 4 is 21.6 Å². The zero-order chi connectivity index (χ0) is 19.7. The molecular formula is C21H25N3O3S. The van der Waals surface area contributed by atoms with E-state index in [0.717, 1.165) is 25.1 Å². The van der Waals surface area contributed by atoms with E-state index in [2.05, 4.69) is 29.3 Å². The second kappa shape index (κ2) is 7.66. The Bertz CT molecular complexity index is 976. The van der Waals surface area contributed by atoms with Crippen LogP contribution in [0, 0.1) is 0 Å². The molecule has 1 fully saturated rings. The number of hydrogen-bond donors (Lipinski definition) is 1. The molecule has 4 rings (SSSR count). The fourth-order valence-corrected chi connectivity index (χ4v) is 5.51. The average Bonchev–Trinajstić information content (AvgIpc) is 3.07. The van der Waals surface area contributed by atoms with Gasteiger partial charge in [-0.1, -0.05) is 30.3 Å². The highest BCUT2D eigenvalue weighted by molar-refractivity contribution is 7.89. The van der Waals surface area contributed by atoms with Gasteiger partial charge in [-0.25, -0.2) is 8.42 Å². The largest absolute Gasteiger partial charge is 0.326 e. The first-order valence-corrected chi connectivity index (χ1v) is 11.1. The van der Waals surface area contributed by atoms with Crippen molar-refractivity contribution in [3.63, 3.8) is 0 Å². The first-order valence-electron chi connectivity index (χ1n) is 9.64. The van der Waals surface area contributed by atoms with Crippen LogP contribution >= 0.6 is 0 Å². The summed E-state index contributed by atoms with van der Waals surface area (Å²) in [7, 11) is -3.56. The van der Waals surface area contributed by atoms with Crippen LogP contribution in [0.5, 0.6) is 0 Å². The van der Waals surface area contributed by atoms with Gasteiger partial charge < -0.3 is 5.32 Å². The lowest BCUT2D eigenvalue weighted by atomic mass is 10.1. The number of carbonyl (C=O) groups excluding carboxylic acids is 1. The Morgan fingerprint density at radius 2 is 1.89 bits per heavy atom. The second-order valence-electron chi connectivity index (χ2n) is 7.53. The van der Waals surface area contributed by atoms with E-state index in [4.69, 9.17) is 0 Å². The van der Waals surface area contributed by atoms with Gasteiger partial charge in [0.25, 0.3) is 0 Å².